The largest absolute Gasteiger partial charge is 0.361 e. The highest BCUT2D eigenvalue weighted by atomic mass is 16.2. The fourth-order valence-electron chi connectivity index (χ4n) is 3.03. The third-order valence-corrected chi connectivity index (χ3v) is 4.50. The van der Waals surface area contributed by atoms with Gasteiger partial charge in [0.1, 0.15) is 0 Å². The highest BCUT2D eigenvalue weighted by Gasteiger charge is 2.25. The van der Waals surface area contributed by atoms with Crippen LogP contribution in [0.25, 0.3) is 5.69 Å². The van der Waals surface area contributed by atoms with Crippen LogP contribution < -0.4 is 4.90 Å². The highest BCUT2D eigenvalue weighted by molar-refractivity contribution is 5.92. The lowest BCUT2D eigenvalue weighted by molar-refractivity contribution is 0.0726. The van der Waals surface area contributed by atoms with Crippen molar-refractivity contribution in [1.29, 1.82) is 0 Å². The van der Waals surface area contributed by atoms with Gasteiger partial charge >= 0.3 is 0 Å². The van der Waals surface area contributed by atoms with E-state index in [1.165, 1.54) is 0 Å². The molecule has 3 heterocycles. The lowest BCUT2D eigenvalue weighted by Crippen LogP contribution is -2.37. The van der Waals surface area contributed by atoms with E-state index in [0.717, 1.165) is 22.8 Å². The Morgan fingerprint density at radius 1 is 1.12 bits per heavy atom. The SMILES string of the molecule is CN(C)c1cc2c(nn1)CCN(C(=O)c1ccn(-c3ccccc3)n1)C2. The van der Waals surface area contributed by atoms with Crippen molar-refractivity contribution in [2.24, 2.45) is 0 Å². The van der Waals surface area contributed by atoms with E-state index in [2.05, 4.69) is 15.3 Å². The Morgan fingerprint density at radius 3 is 2.69 bits per heavy atom. The Bertz CT molecular complexity index is 934. The van der Waals surface area contributed by atoms with Crippen molar-refractivity contribution in [2.45, 2.75) is 13.0 Å². The first-order chi connectivity index (χ1) is 12.6. The Hall–Kier alpha value is -3.22. The van der Waals surface area contributed by atoms with Crippen LogP contribution in [-0.4, -0.2) is 51.4 Å². The molecule has 2 aromatic heterocycles. The smallest absolute Gasteiger partial charge is 0.274 e. The molecule has 3 aromatic rings. The maximum absolute atomic E-state index is 12.9. The summed E-state index contributed by atoms with van der Waals surface area (Å²) in [6.07, 6.45) is 2.53. The summed E-state index contributed by atoms with van der Waals surface area (Å²) in [7, 11) is 3.86. The first-order valence-corrected chi connectivity index (χ1v) is 8.55. The monoisotopic (exact) mass is 348 g/mol. The normalized spacial score (nSPS) is 13.4. The van der Waals surface area contributed by atoms with E-state index in [4.69, 9.17) is 0 Å². The minimum Gasteiger partial charge on any atom is -0.361 e. The molecular weight excluding hydrogens is 328 g/mol. The van der Waals surface area contributed by atoms with Crippen LogP contribution in [0, 0.1) is 0 Å². The van der Waals surface area contributed by atoms with Gasteiger partial charge in [-0.2, -0.15) is 10.2 Å². The molecule has 26 heavy (non-hydrogen) atoms. The summed E-state index contributed by atoms with van der Waals surface area (Å²) < 4.78 is 1.72. The molecule has 1 aromatic carbocycles. The number of para-hydroxylation sites is 1. The Balaban J connectivity index is 1.55. The number of hydrogen-bond donors (Lipinski definition) is 0. The number of rotatable bonds is 3. The van der Waals surface area contributed by atoms with Crippen molar-refractivity contribution in [2.75, 3.05) is 25.5 Å². The number of anilines is 1. The van der Waals surface area contributed by atoms with Crippen LogP contribution in [-0.2, 0) is 13.0 Å². The van der Waals surface area contributed by atoms with E-state index in [1.807, 2.05) is 66.5 Å². The topological polar surface area (TPSA) is 67.2 Å². The Kier molecular flexibility index (Phi) is 4.12. The standard InChI is InChI=1S/C19H20N6O/c1-23(2)18-12-14-13-24(10-8-16(14)20-21-18)19(26)17-9-11-25(22-17)15-6-4-3-5-7-15/h3-7,9,11-12H,8,10,13H2,1-2H3. The molecule has 0 saturated heterocycles. The number of fused-ring (bicyclic) bond motifs is 1. The zero-order valence-electron chi connectivity index (χ0n) is 14.8. The van der Waals surface area contributed by atoms with Crippen LogP contribution in [0.4, 0.5) is 5.82 Å². The molecular formula is C19H20N6O. The summed E-state index contributed by atoms with van der Waals surface area (Å²) in [6, 6.07) is 13.5. The number of aromatic nitrogens is 4. The maximum Gasteiger partial charge on any atom is 0.274 e. The molecule has 7 nitrogen and oxygen atoms in total. The second-order valence-corrected chi connectivity index (χ2v) is 6.53. The van der Waals surface area contributed by atoms with Gasteiger partial charge in [0.05, 0.1) is 11.4 Å². The number of amides is 1. The third-order valence-electron chi connectivity index (χ3n) is 4.50. The summed E-state index contributed by atoms with van der Waals surface area (Å²) in [5.74, 6) is 0.736. The van der Waals surface area contributed by atoms with Gasteiger partial charge in [-0.05, 0) is 29.8 Å². The minimum atomic E-state index is -0.0615. The van der Waals surface area contributed by atoms with Crippen molar-refractivity contribution in [3.8, 4) is 5.69 Å². The molecule has 0 unspecified atom stereocenters. The molecule has 1 aliphatic rings. The van der Waals surface area contributed by atoms with E-state index >= 15 is 0 Å². The summed E-state index contributed by atoms with van der Waals surface area (Å²) >= 11 is 0. The Morgan fingerprint density at radius 2 is 1.92 bits per heavy atom. The average molecular weight is 348 g/mol. The zero-order chi connectivity index (χ0) is 18.1. The molecule has 0 atom stereocenters. The van der Waals surface area contributed by atoms with Crippen molar-refractivity contribution in [3.05, 3.63) is 65.6 Å². The van der Waals surface area contributed by atoms with Gasteiger partial charge in [-0.3, -0.25) is 4.79 Å². The average Bonchev–Trinajstić information content (AvgIpc) is 3.17. The lowest BCUT2D eigenvalue weighted by Gasteiger charge is -2.28. The van der Waals surface area contributed by atoms with Crippen LogP contribution in [0.2, 0.25) is 0 Å². The van der Waals surface area contributed by atoms with Crippen molar-refractivity contribution in [1.82, 2.24) is 24.9 Å². The second-order valence-electron chi connectivity index (χ2n) is 6.53. The molecule has 0 spiro atoms. The summed E-state index contributed by atoms with van der Waals surface area (Å²) in [5.41, 5.74) is 3.40. The fraction of sp³-hybridized carbons (Fsp3) is 0.263. The number of nitrogens with zero attached hydrogens (tertiary/aromatic N) is 6. The number of hydrogen-bond acceptors (Lipinski definition) is 5. The molecule has 0 aliphatic carbocycles. The van der Waals surface area contributed by atoms with E-state index in [1.54, 1.807) is 10.7 Å². The summed E-state index contributed by atoms with van der Waals surface area (Å²) in [6.45, 7) is 1.16. The minimum absolute atomic E-state index is 0.0615. The van der Waals surface area contributed by atoms with Crippen LogP contribution in [0.3, 0.4) is 0 Å². The molecule has 1 amide bonds. The van der Waals surface area contributed by atoms with Crippen molar-refractivity contribution >= 4 is 11.7 Å². The van der Waals surface area contributed by atoms with Gasteiger partial charge in [-0.1, -0.05) is 18.2 Å². The quantitative estimate of drug-likeness (QED) is 0.723. The summed E-state index contributed by atoms with van der Waals surface area (Å²) in [4.78, 5) is 16.6. The van der Waals surface area contributed by atoms with Gasteiger partial charge in [-0.25, -0.2) is 4.68 Å². The predicted octanol–water partition coefficient (Wildman–Crippen LogP) is 1.93. The lowest BCUT2D eigenvalue weighted by atomic mass is 10.1. The molecule has 4 rings (SSSR count). The number of benzene rings is 1. The third kappa shape index (κ3) is 3.03. The van der Waals surface area contributed by atoms with Crippen molar-refractivity contribution in [3.63, 3.8) is 0 Å². The maximum atomic E-state index is 12.9. The number of carbonyl (C=O) groups is 1. The van der Waals surface area contributed by atoms with Crippen LogP contribution >= 0.6 is 0 Å². The van der Waals surface area contributed by atoms with Crippen molar-refractivity contribution < 1.29 is 4.79 Å². The molecule has 0 radical (unpaired) electrons. The first-order valence-electron chi connectivity index (χ1n) is 8.55. The molecule has 0 fully saturated rings. The Labute approximate surface area is 151 Å². The van der Waals surface area contributed by atoms with E-state index in [9.17, 15) is 4.79 Å². The molecule has 0 bridgehead atoms. The van der Waals surface area contributed by atoms with Gasteiger partial charge in [0.2, 0.25) is 0 Å². The van der Waals surface area contributed by atoms with Crippen LogP contribution in [0.5, 0.6) is 0 Å². The fourth-order valence-corrected chi connectivity index (χ4v) is 3.03. The van der Waals surface area contributed by atoms with Gasteiger partial charge in [0.25, 0.3) is 5.91 Å². The van der Waals surface area contributed by atoms with Gasteiger partial charge in [-0.15, -0.1) is 5.10 Å². The van der Waals surface area contributed by atoms with Gasteiger partial charge in [0, 0.05) is 39.8 Å². The second kappa shape index (κ2) is 6.59. The highest BCUT2D eigenvalue weighted by Crippen LogP contribution is 2.21. The molecule has 7 heteroatoms. The van der Waals surface area contributed by atoms with Gasteiger partial charge in [0.15, 0.2) is 11.5 Å². The molecule has 132 valence electrons. The zero-order valence-corrected chi connectivity index (χ0v) is 14.8. The molecule has 1 aliphatic heterocycles. The van der Waals surface area contributed by atoms with Gasteiger partial charge < -0.3 is 9.80 Å². The predicted molar refractivity (Wildman–Crippen MR) is 98.4 cm³/mol. The molecule has 0 saturated carbocycles. The number of carbonyl (C=O) groups excluding carboxylic acids is 1. The molecule has 0 N–H and O–H groups in total. The van der Waals surface area contributed by atoms with E-state index < -0.39 is 0 Å². The van der Waals surface area contributed by atoms with E-state index in [-0.39, 0.29) is 5.91 Å². The van der Waals surface area contributed by atoms with Crippen LogP contribution in [0.15, 0.2) is 48.7 Å². The first kappa shape index (κ1) is 16.3. The van der Waals surface area contributed by atoms with Crippen LogP contribution in [0.1, 0.15) is 21.7 Å². The van der Waals surface area contributed by atoms with E-state index in [0.29, 0.717) is 25.2 Å². The summed E-state index contributed by atoms with van der Waals surface area (Å²) in [5, 5.41) is 13.0.